The van der Waals surface area contributed by atoms with Gasteiger partial charge in [0.15, 0.2) is 0 Å². The second kappa shape index (κ2) is 6.80. The maximum absolute atomic E-state index is 13.4. The maximum Gasteiger partial charge on any atom is 0.233 e. The van der Waals surface area contributed by atoms with Gasteiger partial charge in [-0.25, -0.2) is 4.39 Å². The Morgan fingerprint density at radius 1 is 1.16 bits per heavy atom. The average molecular weight is 261 g/mol. The van der Waals surface area contributed by atoms with E-state index in [2.05, 4.69) is 15.5 Å². The molecule has 2 aromatic rings. The number of rotatable bonds is 6. The highest BCUT2D eigenvalue weighted by Crippen LogP contribution is 2.11. The summed E-state index contributed by atoms with van der Waals surface area (Å²) in [5.41, 5.74) is 1.35. The first kappa shape index (κ1) is 13.4. The van der Waals surface area contributed by atoms with Crippen LogP contribution in [-0.4, -0.2) is 16.7 Å². The number of hydrogen-bond donors (Lipinski definition) is 1. The van der Waals surface area contributed by atoms with Gasteiger partial charge in [0, 0.05) is 18.2 Å². The summed E-state index contributed by atoms with van der Waals surface area (Å²) in [6.45, 7) is 3.73. The molecule has 1 aromatic carbocycles. The third kappa shape index (κ3) is 3.99. The monoisotopic (exact) mass is 261 g/mol. The molecular formula is C14H16FN3O. The van der Waals surface area contributed by atoms with Gasteiger partial charge in [-0.3, -0.25) is 0 Å². The highest BCUT2D eigenvalue weighted by molar-refractivity contribution is 5.18. The van der Waals surface area contributed by atoms with E-state index in [1.165, 1.54) is 6.07 Å². The van der Waals surface area contributed by atoms with Crippen molar-refractivity contribution in [2.75, 3.05) is 6.54 Å². The van der Waals surface area contributed by atoms with Crippen molar-refractivity contribution in [3.05, 3.63) is 53.5 Å². The van der Waals surface area contributed by atoms with Gasteiger partial charge in [0.1, 0.15) is 12.4 Å². The van der Waals surface area contributed by atoms with E-state index in [9.17, 15) is 4.39 Å². The molecule has 0 atom stereocenters. The Morgan fingerprint density at radius 2 is 2.00 bits per heavy atom. The Bertz CT molecular complexity index is 516. The van der Waals surface area contributed by atoms with Gasteiger partial charge in [-0.2, -0.15) is 5.10 Å². The summed E-state index contributed by atoms with van der Waals surface area (Å²) in [5.74, 6) is 0.114. The SMILES string of the molecule is CCNCc1ccc(OCc2ccccc2F)nn1. The molecule has 0 bridgehead atoms. The summed E-state index contributed by atoms with van der Waals surface area (Å²) in [6, 6.07) is 10.1. The Labute approximate surface area is 111 Å². The second-order valence-electron chi connectivity index (χ2n) is 4.02. The van der Waals surface area contributed by atoms with Gasteiger partial charge in [-0.1, -0.05) is 25.1 Å². The first-order valence-electron chi connectivity index (χ1n) is 6.19. The molecule has 1 heterocycles. The van der Waals surface area contributed by atoms with Gasteiger partial charge in [-0.15, -0.1) is 5.10 Å². The number of benzene rings is 1. The lowest BCUT2D eigenvalue weighted by Crippen LogP contribution is -2.13. The van der Waals surface area contributed by atoms with Gasteiger partial charge in [0.05, 0.1) is 5.69 Å². The van der Waals surface area contributed by atoms with Crippen molar-refractivity contribution in [2.24, 2.45) is 0 Å². The van der Waals surface area contributed by atoms with E-state index in [0.717, 1.165) is 12.2 Å². The molecule has 19 heavy (non-hydrogen) atoms. The zero-order valence-corrected chi connectivity index (χ0v) is 10.8. The molecule has 0 saturated heterocycles. The van der Waals surface area contributed by atoms with Crippen LogP contribution in [0.2, 0.25) is 0 Å². The Hall–Kier alpha value is -2.01. The molecule has 1 N–H and O–H groups in total. The smallest absolute Gasteiger partial charge is 0.233 e. The Morgan fingerprint density at radius 3 is 2.68 bits per heavy atom. The lowest BCUT2D eigenvalue weighted by atomic mass is 10.2. The van der Waals surface area contributed by atoms with Crippen molar-refractivity contribution in [2.45, 2.75) is 20.1 Å². The first-order valence-corrected chi connectivity index (χ1v) is 6.19. The average Bonchev–Trinajstić information content (AvgIpc) is 2.45. The molecule has 0 radical (unpaired) electrons. The van der Waals surface area contributed by atoms with Gasteiger partial charge in [0.2, 0.25) is 5.88 Å². The van der Waals surface area contributed by atoms with Crippen molar-refractivity contribution >= 4 is 0 Å². The molecule has 4 nitrogen and oxygen atoms in total. The molecule has 5 heteroatoms. The van der Waals surface area contributed by atoms with Crippen LogP contribution in [0.15, 0.2) is 36.4 Å². The van der Waals surface area contributed by atoms with Crippen molar-refractivity contribution in [3.63, 3.8) is 0 Å². The zero-order chi connectivity index (χ0) is 13.5. The molecule has 2 rings (SSSR count). The molecule has 0 aliphatic carbocycles. The largest absolute Gasteiger partial charge is 0.472 e. The molecule has 1 aromatic heterocycles. The van der Waals surface area contributed by atoms with Crippen molar-refractivity contribution in [3.8, 4) is 5.88 Å². The van der Waals surface area contributed by atoms with E-state index in [1.54, 1.807) is 24.3 Å². The van der Waals surface area contributed by atoms with Crippen LogP contribution >= 0.6 is 0 Å². The number of hydrogen-bond acceptors (Lipinski definition) is 4. The van der Waals surface area contributed by atoms with Crippen molar-refractivity contribution < 1.29 is 9.13 Å². The molecular weight excluding hydrogens is 245 g/mol. The molecule has 0 saturated carbocycles. The van der Waals surface area contributed by atoms with Crippen LogP contribution < -0.4 is 10.1 Å². The van der Waals surface area contributed by atoms with Crippen LogP contribution in [0.1, 0.15) is 18.2 Å². The summed E-state index contributed by atoms with van der Waals surface area (Å²) >= 11 is 0. The second-order valence-corrected chi connectivity index (χ2v) is 4.02. The summed E-state index contributed by atoms with van der Waals surface area (Å²) in [6.07, 6.45) is 0. The number of aromatic nitrogens is 2. The fraction of sp³-hybridized carbons (Fsp3) is 0.286. The Kier molecular flexibility index (Phi) is 4.80. The van der Waals surface area contributed by atoms with E-state index in [0.29, 0.717) is 18.0 Å². The van der Waals surface area contributed by atoms with Crippen molar-refractivity contribution in [1.29, 1.82) is 0 Å². The third-order valence-corrected chi connectivity index (χ3v) is 2.58. The Balaban J connectivity index is 1.91. The van der Waals surface area contributed by atoms with E-state index >= 15 is 0 Å². The molecule has 0 aliphatic rings. The van der Waals surface area contributed by atoms with E-state index in [-0.39, 0.29) is 12.4 Å². The van der Waals surface area contributed by atoms with Gasteiger partial charge >= 0.3 is 0 Å². The van der Waals surface area contributed by atoms with E-state index < -0.39 is 0 Å². The molecule has 0 spiro atoms. The van der Waals surface area contributed by atoms with Gasteiger partial charge < -0.3 is 10.1 Å². The number of halogens is 1. The molecule has 0 amide bonds. The van der Waals surface area contributed by atoms with Crippen LogP contribution in [0.3, 0.4) is 0 Å². The topological polar surface area (TPSA) is 47.0 Å². The quantitative estimate of drug-likeness (QED) is 0.866. The van der Waals surface area contributed by atoms with Gasteiger partial charge in [-0.05, 0) is 18.7 Å². The fourth-order valence-corrected chi connectivity index (χ4v) is 1.54. The van der Waals surface area contributed by atoms with Crippen LogP contribution in [0.4, 0.5) is 4.39 Å². The number of ether oxygens (including phenoxy) is 1. The fourth-order valence-electron chi connectivity index (χ4n) is 1.54. The summed E-state index contributed by atoms with van der Waals surface area (Å²) in [5, 5.41) is 11.1. The predicted octanol–water partition coefficient (Wildman–Crippen LogP) is 2.30. The van der Waals surface area contributed by atoms with Crippen LogP contribution in [0, 0.1) is 5.82 Å². The first-order chi connectivity index (χ1) is 9.29. The summed E-state index contributed by atoms with van der Waals surface area (Å²) in [7, 11) is 0. The highest BCUT2D eigenvalue weighted by Gasteiger charge is 2.03. The number of nitrogens with zero attached hydrogens (tertiary/aromatic N) is 2. The predicted molar refractivity (Wildman–Crippen MR) is 70.1 cm³/mol. The molecule has 0 unspecified atom stereocenters. The van der Waals surface area contributed by atoms with Crippen LogP contribution in [0.5, 0.6) is 5.88 Å². The van der Waals surface area contributed by atoms with Crippen LogP contribution in [0.25, 0.3) is 0 Å². The summed E-state index contributed by atoms with van der Waals surface area (Å²) < 4.78 is 18.8. The number of nitrogens with one attached hydrogen (secondary N) is 1. The highest BCUT2D eigenvalue weighted by atomic mass is 19.1. The lowest BCUT2D eigenvalue weighted by molar-refractivity contribution is 0.284. The molecule has 0 aliphatic heterocycles. The zero-order valence-electron chi connectivity index (χ0n) is 10.8. The standard InChI is InChI=1S/C14H16FN3O/c1-2-16-9-12-7-8-14(18-17-12)19-10-11-5-3-4-6-13(11)15/h3-8,16H,2,9-10H2,1H3. The lowest BCUT2D eigenvalue weighted by Gasteiger charge is -2.06. The van der Waals surface area contributed by atoms with E-state index in [1.807, 2.05) is 13.0 Å². The minimum absolute atomic E-state index is 0.147. The minimum atomic E-state index is -0.278. The minimum Gasteiger partial charge on any atom is -0.472 e. The van der Waals surface area contributed by atoms with Crippen LogP contribution in [-0.2, 0) is 13.2 Å². The normalized spacial score (nSPS) is 10.4. The molecule has 100 valence electrons. The maximum atomic E-state index is 13.4. The van der Waals surface area contributed by atoms with Crippen molar-refractivity contribution in [1.82, 2.24) is 15.5 Å². The molecule has 0 fully saturated rings. The van der Waals surface area contributed by atoms with Gasteiger partial charge in [0.25, 0.3) is 0 Å². The third-order valence-electron chi connectivity index (χ3n) is 2.58. The van der Waals surface area contributed by atoms with E-state index in [4.69, 9.17) is 4.74 Å². The summed E-state index contributed by atoms with van der Waals surface area (Å²) in [4.78, 5) is 0.